The molecule has 0 bridgehead atoms. The number of carbonyl (C=O) groups excluding carboxylic acids is 1. The molecule has 0 spiro atoms. The van der Waals surface area contributed by atoms with Crippen LogP contribution in [0.1, 0.15) is 31.7 Å². The minimum atomic E-state index is 0.204. The molecule has 4 nitrogen and oxygen atoms in total. The van der Waals surface area contributed by atoms with Gasteiger partial charge < -0.3 is 9.64 Å². The van der Waals surface area contributed by atoms with Crippen molar-refractivity contribution in [3.63, 3.8) is 0 Å². The van der Waals surface area contributed by atoms with E-state index in [0.717, 1.165) is 57.1 Å². The average molecular weight is 337 g/mol. The van der Waals surface area contributed by atoms with Gasteiger partial charge in [0.15, 0.2) is 0 Å². The normalized spacial score (nSPS) is 23.1. The molecule has 0 saturated carbocycles. The van der Waals surface area contributed by atoms with Crippen LogP contribution in [0.15, 0.2) is 24.3 Å². The van der Waals surface area contributed by atoms with Crippen molar-refractivity contribution in [2.45, 2.75) is 44.8 Å². The van der Waals surface area contributed by atoms with Crippen molar-refractivity contribution < 1.29 is 9.53 Å². The molecular weight excluding hydrogens is 312 g/mol. The molecule has 2 aliphatic rings. The molecule has 0 radical (unpaired) electrons. The van der Waals surface area contributed by atoms with Crippen LogP contribution in [0.25, 0.3) is 0 Å². The third kappa shape index (κ3) is 4.25. The van der Waals surface area contributed by atoms with Crippen LogP contribution in [-0.2, 0) is 16.1 Å². The number of nitrogens with zero attached hydrogens (tertiary/aromatic N) is 2. The fraction of sp³-hybridized carbons (Fsp3) is 0.611. The highest BCUT2D eigenvalue weighted by atomic mass is 35.5. The van der Waals surface area contributed by atoms with E-state index in [4.69, 9.17) is 16.3 Å². The Morgan fingerprint density at radius 2 is 1.91 bits per heavy atom. The van der Waals surface area contributed by atoms with Crippen LogP contribution in [0.4, 0.5) is 0 Å². The molecule has 1 aromatic rings. The second-order valence-electron chi connectivity index (χ2n) is 6.57. The number of benzene rings is 1. The zero-order valence-electron chi connectivity index (χ0n) is 13.7. The van der Waals surface area contributed by atoms with Crippen molar-refractivity contribution >= 4 is 17.5 Å². The number of rotatable bonds is 4. The lowest BCUT2D eigenvalue weighted by atomic mass is 10.0. The van der Waals surface area contributed by atoms with Gasteiger partial charge in [0.2, 0.25) is 5.91 Å². The lowest BCUT2D eigenvalue weighted by molar-refractivity contribution is -0.135. The van der Waals surface area contributed by atoms with E-state index in [9.17, 15) is 4.79 Å². The van der Waals surface area contributed by atoms with Crippen molar-refractivity contribution in [1.29, 1.82) is 0 Å². The monoisotopic (exact) mass is 336 g/mol. The number of halogens is 1. The quantitative estimate of drug-likeness (QED) is 0.847. The van der Waals surface area contributed by atoms with Crippen LogP contribution >= 0.6 is 11.6 Å². The molecule has 2 heterocycles. The number of hydrogen-bond acceptors (Lipinski definition) is 3. The van der Waals surface area contributed by atoms with E-state index >= 15 is 0 Å². The van der Waals surface area contributed by atoms with Crippen LogP contribution in [-0.4, -0.2) is 54.1 Å². The van der Waals surface area contributed by atoms with Gasteiger partial charge in [-0.2, -0.15) is 0 Å². The first-order valence-electron chi connectivity index (χ1n) is 8.47. The van der Waals surface area contributed by atoms with Crippen LogP contribution in [0, 0.1) is 0 Å². The Labute approximate surface area is 143 Å². The maximum absolute atomic E-state index is 12.2. The third-order valence-corrected chi connectivity index (χ3v) is 5.16. The first-order valence-corrected chi connectivity index (χ1v) is 8.85. The SMILES string of the molecule is CC(=O)N(C1CCOCC1)C1CCN(Cc2ccc(Cl)cc2)C1. The Bertz CT molecular complexity index is 528. The van der Waals surface area contributed by atoms with Gasteiger partial charge >= 0.3 is 0 Å². The summed E-state index contributed by atoms with van der Waals surface area (Å²) >= 11 is 5.95. The van der Waals surface area contributed by atoms with E-state index in [-0.39, 0.29) is 5.91 Å². The van der Waals surface area contributed by atoms with E-state index in [1.165, 1.54) is 5.56 Å². The highest BCUT2D eigenvalue weighted by molar-refractivity contribution is 6.30. The fourth-order valence-electron chi connectivity index (χ4n) is 3.81. The summed E-state index contributed by atoms with van der Waals surface area (Å²) < 4.78 is 5.44. The first-order chi connectivity index (χ1) is 11.1. The standard InChI is InChI=1S/C18H25ClN2O2/c1-14(22)21(17-7-10-23-11-8-17)18-6-9-20(13-18)12-15-2-4-16(19)5-3-15/h2-5,17-18H,6-13H2,1H3. The van der Waals surface area contributed by atoms with Gasteiger partial charge in [-0.1, -0.05) is 23.7 Å². The fourth-order valence-corrected chi connectivity index (χ4v) is 3.93. The Morgan fingerprint density at radius 3 is 2.57 bits per heavy atom. The van der Waals surface area contributed by atoms with Crippen molar-refractivity contribution in [3.05, 3.63) is 34.9 Å². The highest BCUT2D eigenvalue weighted by Crippen LogP contribution is 2.24. The van der Waals surface area contributed by atoms with Crippen LogP contribution in [0.2, 0.25) is 5.02 Å². The zero-order chi connectivity index (χ0) is 16.2. The molecule has 2 saturated heterocycles. The summed E-state index contributed by atoms with van der Waals surface area (Å²) in [5.74, 6) is 0.204. The molecule has 0 aromatic heterocycles. The van der Waals surface area contributed by atoms with Crippen LogP contribution < -0.4 is 0 Å². The summed E-state index contributed by atoms with van der Waals surface area (Å²) in [5.41, 5.74) is 1.27. The molecule has 126 valence electrons. The van der Waals surface area contributed by atoms with E-state index in [0.29, 0.717) is 12.1 Å². The summed E-state index contributed by atoms with van der Waals surface area (Å²) in [7, 11) is 0. The Hall–Kier alpha value is -1.10. The predicted octanol–water partition coefficient (Wildman–Crippen LogP) is 2.94. The zero-order valence-corrected chi connectivity index (χ0v) is 14.5. The second-order valence-corrected chi connectivity index (χ2v) is 7.01. The van der Waals surface area contributed by atoms with Gasteiger partial charge in [-0.15, -0.1) is 0 Å². The first kappa shape index (κ1) is 16.7. The van der Waals surface area contributed by atoms with Gasteiger partial charge in [0.05, 0.1) is 0 Å². The number of ether oxygens (including phenoxy) is 1. The molecule has 0 N–H and O–H groups in total. The van der Waals surface area contributed by atoms with E-state index in [1.54, 1.807) is 6.92 Å². The predicted molar refractivity (Wildman–Crippen MR) is 91.5 cm³/mol. The van der Waals surface area contributed by atoms with Gasteiger partial charge in [-0.25, -0.2) is 0 Å². The summed E-state index contributed by atoms with van der Waals surface area (Å²) in [6, 6.07) is 8.72. The van der Waals surface area contributed by atoms with E-state index in [2.05, 4.69) is 21.9 Å². The maximum atomic E-state index is 12.2. The molecule has 1 amide bonds. The summed E-state index contributed by atoms with van der Waals surface area (Å²) in [4.78, 5) is 16.7. The molecule has 1 aromatic carbocycles. The Morgan fingerprint density at radius 1 is 1.22 bits per heavy atom. The molecule has 3 rings (SSSR count). The largest absolute Gasteiger partial charge is 0.381 e. The Balaban J connectivity index is 1.60. The topological polar surface area (TPSA) is 32.8 Å². The van der Waals surface area contributed by atoms with Gasteiger partial charge in [0.25, 0.3) is 0 Å². The minimum absolute atomic E-state index is 0.204. The Kier molecular flexibility index (Phi) is 5.57. The van der Waals surface area contributed by atoms with E-state index < -0.39 is 0 Å². The van der Waals surface area contributed by atoms with Crippen LogP contribution in [0.3, 0.4) is 0 Å². The average Bonchev–Trinajstić information content (AvgIpc) is 2.98. The van der Waals surface area contributed by atoms with Gasteiger partial charge in [-0.05, 0) is 37.0 Å². The summed E-state index contributed by atoms with van der Waals surface area (Å²) in [5, 5.41) is 0.773. The van der Waals surface area contributed by atoms with Crippen molar-refractivity contribution in [2.75, 3.05) is 26.3 Å². The van der Waals surface area contributed by atoms with E-state index in [1.807, 2.05) is 12.1 Å². The molecule has 2 fully saturated rings. The van der Waals surface area contributed by atoms with Crippen molar-refractivity contribution in [1.82, 2.24) is 9.80 Å². The molecule has 1 unspecified atom stereocenters. The highest BCUT2D eigenvalue weighted by Gasteiger charge is 2.34. The van der Waals surface area contributed by atoms with Crippen molar-refractivity contribution in [3.8, 4) is 0 Å². The summed E-state index contributed by atoms with van der Waals surface area (Å²) in [6.45, 7) is 6.18. The lowest BCUT2D eigenvalue weighted by Gasteiger charge is -2.38. The molecule has 23 heavy (non-hydrogen) atoms. The minimum Gasteiger partial charge on any atom is -0.381 e. The lowest BCUT2D eigenvalue weighted by Crippen LogP contribution is -2.49. The molecule has 2 aliphatic heterocycles. The number of hydrogen-bond donors (Lipinski definition) is 0. The number of amides is 1. The number of likely N-dealkylation sites (tertiary alicyclic amines) is 1. The molecule has 1 atom stereocenters. The summed E-state index contributed by atoms with van der Waals surface area (Å²) in [6.07, 6.45) is 2.99. The maximum Gasteiger partial charge on any atom is 0.219 e. The second kappa shape index (κ2) is 7.65. The molecule has 5 heteroatoms. The molecule has 0 aliphatic carbocycles. The van der Waals surface area contributed by atoms with Crippen molar-refractivity contribution in [2.24, 2.45) is 0 Å². The van der Waals surface area contributed by atoms with Gasteiger partial charge in [0, 0.05) is 56.9 Å². The smallest absolute Gasteiger partial charge is 0.219 e. The third-order valence-electron chi connectivity index (χ3n) is 4.91. The number of carbonyl (C=O) groups is 1. The van der Waals surface area contributed by atoms with Gasteiger partial charge in [0.1, 0.15) is 0 Å². The molecular formula is C18H25ClN2O2. The van der Waals surface area contributed by atoms with Gasteiger partial charge in [-0.3, -0.25) is 9.69 Å². The van der Waals surface area contributed by atoms with Crippen LogP contribution in [0.5, 0.6) is 0 Å².